The quantitative estimate of drug-likeness (QED) is 0.292. The first-order valence-electron chi connectivity index (χ1n) is 7.58. The number of aryl methyl sites for hydroxylation is 1. The number of aliphatic imine (C=N–C) groups is 1. The summed E-state index contributed by atoms with van der Waals surface area (Å²) >= 11 is 0. The van der Waals surface area contributed by atoms with E-state index in [2.05, 4.69) is 30.4 Å². The zero-order valence-electron chi connectivity index (χ0n) is 14.5. The zero-order chi connectivity index (χ0) is 17.4. The molecule has 0 bridgehead atoms. The third kappa shape index (κ3) is 6.33. The van der Waals surface area contributed by atoms with Crippen molar-refractivity contribution in [2.24, 2.45) is 12.0 Å². The highest BCUT2D eigenvalue weighted by Gasteiger charge is 2.05. The topological polar surface area (TPSA) is 93.4 Å². The van der Waals surface area contributed by atoms with Gasteiger partial charge in [0.15, 0.2) is 5.96 Å². The maximum absolute atomic E-state index is 11.4. The van der Waals surface area contributed by atoms with Gasteiger partial charge in [0.05, 0.1) is 19.2 Å². The Balaban J connectivity index is 0.00000312. The van der Waals surface area contributed by atoms with Crippen LogP contribution < -0.4 is 10.6 Å². The highest BCUT2D eigenvalue weighted by molar-refractivity contribution is 14.0. The first kappa shape index (κ1) is 20.9. The Morgan fingerprint density at radius 2 is 2.00 bits per heavy atom. The molecule has 0 radical (unpaired) electrons. The Morgan fingerprint density at radius 1 is 1.28 bits per heavy atom. The van der Waals surface area contributed by atoms with Crippen LogP contribution in [0.4, 0.5) is 0 Å². The zero-order valence-corrected chi connectivity index (χ0v) is 16.9. The summed E-state index contributed by atoms with van der Waals surface area (Å²) in [4.78, 5) is 19.7. The first-order valence-corrected chi connectivity index (χ1v) is 7.58. The minimum Gasteiger partial charge on any atom is -0.465 e. The van der Waals surface area contributed by atoms with Gasteiger partial charge in [0, 0.05) is 20.6 Å². The van der Waals surface area contributed by atoms with Crippen LogP contribution in [-0.4, -0.2) is 47.4 Å². The van der Waals surface area contributed by atoms with Crippen molar-refractivity contribution in [3.8, 4) is 0 Å². The summed E-state index contributed by atoms with van der Waals surface area (Å²) in [5.41, 5.74) is 1.68. The number of carbonyl (C=O) groups excluding carboxylic acids is 1. The van der Waals surface area contributed by atoms with Crippen molar-refractivity contribution >= 4 is 35.9 Å². The number of nitrogens with zero attached hydrogens (tertiary/aromatic N) is 4. The standard InChI is InChI=1S/C16H22N6O2.HI/c1-17-16(19-10-14-20-11-21-22(14)2)18-9-8-12-4-6-13(7-5-12)15(23)24-3;/h4-7,11H,8-10H2,1-3H3,(H2,17,18,19);1H. The van der Waals surface area contributed by atoms with Crippen molar-refractivity contribution in [3.63, 3.8) is 0 Å². The third-order valence-electron chi connectivity index (χ3n) is 3.52. The summed E-state index contributed by atoms with van der Waals surface area (Å²) in [6.45, 7) is 1.26. The molecule has 0 aliphatic rings. The number of hydrogen-bond donors (Lipinski definition) is 2. The van der Waals surface area contributed by atoms with Crippen LogP contribution in [0, 0.1) is 0 Å². The summed E-state index contributed by atoms with van der Waals surface area (Å²) in [5, 5.41) is 10.4. The van der Waals surface area contributed by atoms with E-state index >= 15 is 0 Å². The molecule has 2 N–H and O–H groups in total. The molecule has 25 heavy (non-hydrogen) atoms. The van der Waals surface area contributed by atoms with E-state index in [9.17, 15) is 4.79 Å². The van der Waals surface area contributed by atoms with E-state index < -0.39 is 0 Å². The Bertz CT molecular complexity index is 699. The normalized spacial score (nSPS) is 10.8. The summed E-state index contributed by atoms with van der Waals surface area (Å²) in [6, 6.07) is 7.37. The van der Waals surface area contributed by atoms with Crippen LogP contribution in [-0.2, 0) is 24.8 Å². The molecule has 8 nitrogen and oxygen atoms in total. The number of esters is 1. The van der Waals surface area contributed by atoms with Gasteiger partial charge in [-0.15, -0.1) is 24.0 Å². The molecule has 1 heterocycles. The molecule has 1 aromatic heterocycles. The number of guanidine groups is 1. The van der Waals surface area contributed by atoms with E-state index in [4.69, 9.17) is 0 Å². The second kappa shape index (κ2) is 10.6. The van der Waals surface area contributed by atoms with Crippen LogP contribution in [0.25, 0.3) is 0 Å². The third-order valence-corrected chi connectivity index (χ3v) is 3.52. The summed E-state index contributed by atoms with van der Waals surface area (Å²) in [5.74, 6) is 1.20. The van der Waals surface area contributed by atoms with Crippen LogP contribution in [0.3, 0.4) is 0 Å². The fourth-order valence-electron chi connectivity index (χ4n) is 2.11. The van der Waals surface area contributed by atoms with Gasteiger partial charge in [-0.3, -0.25) is 9.67 Å². The molecule has 0 saturated carbocycles. The predicted octanol–water partition coefficient (Wildman–Crippen LogP) is 1.13. The minimum absolute atomic E-state index is 0. The number of rotatable bonds is 6. The highest BCUT2D eigenvalue weighted by atomic mass is 127. The van der Waals surface area contributed by atoms with E-state index in [0.29, 0.717) is 18.1 Å². The molecule has 0 amide bonds. The average Bonchev–Trinajstić information content (AvgIpc) is 3.02. The summed E-state index contributed by atoms with van der Waals surface area (Å²) < 4.78 is 6.39. The number of halogens is 1. The molecule has 0 unspecified atom stereocenters. The van der Waals surface area contributed by atoms with Crippen molar-refractivity contribution in [2.45, 2.75) is 13.0 Å². The SMILES string of the molecule is CN=C(NCCc1ccc(C(=O)OC)cc1)NCc1ncnn1C.I. The number of carbonyl (C=O) groups is 1. The van der Waals surface area contributed by atoms with E-state index in [1.807, 2.05) is 19.2 Å². The van der Waals surface area contributed by atoms with Gasteiger partial charge in [-0.25, -0.2) is 9.78 Å². The van der Waals surface area contributed by atoms with Crippen molar-refractivity contribution in [1.29, 1.82) is 0 Å². The second-order valence-electron chi connectivity index (χ2n) is 5.09. The summed E-state index contributed by atoms with van der Waals surface area (Å²) in [6.07, 6.45) is 2.33. The van der Waals surface area contributed by atoms with Gasteiger partial charge < -0.3 is 15.4 Å². The van der Waals surface area contributed by atoms with Crippen LogP contribution in [0.15, 0.2) is 35.6 Å². The van der Waals surface area contributed by atoms with E-state index in [-0.39, 0.29) is 29.9 Å². The number of benzene rings is 1. The maximum atomic E-state index is 11.4. The minimum atomic E-state index is -0.326. The molecule has 136 valence electrons. The number of hydrogen-bond acceptors (Lipinski definition) is 5. The fraction of sp³-hybridized carbons (Fsp3) is 0.375. The molecular weight excluding hydrogens is 435 g/mol. The molecule has 0 aliphatic heterocycles. The van der Waals surface area contributed by atoms with Gasteiger partial charge in [-0.2, -0.15) is 5.10 Å². The first-order chi connectivity index (χ1) is 11.6. The molecule has 9 heteroatoms. The van der Waals surface area contributed by atoms with E-state index in [1.165, 1.54) is 13.4 Å². The lowest BCUT2D eigenvalue weighted by atomic mass is 10.1. The Morgan fingerprint density at radius 3 is 2.56 bits per heavy atom. The Labute approximate surface area is 164 Å². The number of nitrogens with one attached hydrogen (secondary N) is 2. The molecule has 1 aromatic carbocycles. The average molecular weight is 458 g/mol. The number of methoxy groups -OCH3 is 1. The lowest BCUT2D eigenvalue weighted by Crippen LogP contribution is -2.38. The number of ether oxygens (including phenoxy) is 1. The molecule has 2 rings (SSSR count). The monoisotopic (exact) mass is 458 g/mol. The highest BCUT2D eigenvalue weighted by Crippen LogP contribution is 2.06. The van der Waals surface area contributed by atoms with Crippen molar-refractivity contribution in [2.75, 3.05) is 20.7 Å². The maximum Gasteiger partial charge on any atom is 0.337 e. The van der Waals surface area contributed by atoms with Crippen molar-refractivity contribution in [3.05, 3.63) is 47.5 Å². The molecule has 2 aromatic rings. The van der Waals surface area contributed by atoms with Gasteiger partial charge in [0.25, 0.3) is 0 Å². The smallest absolute Gasteiger partial charge is 0.337 e. The van der Waals surface area contributed by atoms with Crippen LogP contribution in [0.2, 0.25) is 0 Å². The van der Waals surface area contributed by atoms with Gasteiger partial charge in [0.2, 0.25) is 0 Å². The van der Waals surface area contributed by atoms with Crippen LogP contribution in [0.1, 0.15) is 21.7 Å². The van der Waals surface area contributed by atoms with E-state index in [1.54, 1.807) is 23.9 Å². The van der Waals surface area contributed by atoms with Crippen molar-refractivity contribution in [1.82, 2.24) is 25.4 Å². The van der Waals surface area contributed by atoms with Gasteiger partial charge in [0.1, 0.15) is 12.2 Å². The summed E-state index contributed by atoms with van der Waals surface area (Å²) in [7, 11) is 4.94. The largest absolute Gasteiger partial charge is 0.465 e. The van der Waals surface area contributed by atoms with Gasteiger partial charge in [-0.05, 0) is 24.1 Å². The lowest BCUT2D eigenvalue weighted by molar-refractivity contribution is 0.0600. The molecule has 0 atom stereocenters. The molecule has 0 aliphatic carbocycles. The second-order valence-corrected chi connectivity index (χ2v) is 5.09. The van der Waals surface area contributed by atoms with Crippen molar-refractivity contribution < 1.29 is 9.53 Å². The molecule has 0 spiro atoms. The predicted molar refractivity (Wildman–Crippen MR) is 106 cm³/mol. The van der Waals surface area contributed by atoms with Gasteiger partial charge in [-0.1, -0.05) is 12.1 Å². The number of aromatic nitrogens is 3. The van der Waals surface area contributed by atoms with E-state index in [0.717, 1.165) is 24.4 Å². The fourth-order valence-corrected chi connectivity index (χ4v) is 2.11. The Hall–Kier alpha value is -2.17. The van der Waals surface area contributed by atoms with Crippen LogP contribution in [0.5, 0.6) is 0 Å². The lowest BCUT2D eigenvalue weighted by Gasteiger charge is -2.11. The molecule has 0 fully saturated rings. The Kier molecular flexibility index (Phi) is 8.89. The van der Waals surface area contributed by atoms with Crippen LogP contribution >= 0.6 is 24.0 Å². The molecular formula is C16H23IN6O2. The van der Waals surface area contributed by atoms with Gasteiger partial charge >= 0.3 is 5.97 Å². The molecule has 0 saturated heterocycles.